The van der Waals surface area contributed by atoms with E-state index in [0.29, 0.717) is 15.7 Å². The summed E-state index contributed by atoms with van der Waals surface area (Å²) in [7, 11) is 0. The quantitative estimate of drug-likeness (QED) is 0.313. The predicted molar refractivity (Wildman–Crippen MR) is 120 cm³/mol. The van der Waals surface area contributed by atoms with Gasteiger partial charge in [0.15, 0.2) is 11.4 Å². The highest BCUT2D eigenvalue weighted by Crippen LogP contribution is 2.44. The number of aliphatic hydroxyl groups is 1. The zero-order valence-corrected chi connectivity index (χ0v) is 18.0. The number of ketones is 1. The maximum atomic E-state index is 13.4. The van der Waals surface area contributed by atoms with E-state index < -0.39 is 28.6 Å². The van der Waals surface area contributed by atoms with Gasteiger partial charge in [0, 0.05) is 33.3 Å². The number of hydrogen-bond donors (Lipinski definition) is 1. The zero-order valence-electron chi connectivity index (χ0n) is 16.5. The lowest BCUT2D eigenvalue weighted by Crippen LogP contribution is -2.41. The first kappa shape index (κ1) is 22.0. The van der Waals surface area contributed by atoms with E-state index in [1.54, 1.807) is 36.4 Å². The minimum Gasteiger partial charge on any atom is -0.375 e. The molecule has 0 saturated heterocycles. The number of rotatable bonds is 6. The molecule has 1 amide bonds. The Balaban J connectivity index is 1.70. The summed E-state index contributed by atoms with van der Waals surface area (Å²) in [6.45, 7) is 0.151. The van der Waals surface area contributed by atoms with E-state index in [-0.39, 0.29) is 23.4 Å². The summed E-state index contributed by atoms with van der Waals surface area (Å²) < 4.78 is 0. The lowest BCUT2D eigenvalue weighted by Gasteiger charge is -2.23. The van der Waals surface area contributed by atoms with Crippen molar-refractivity contribution in [1.29, 1.82) is 0 Å². The van der Waals surface area contributed by atoms with Crippen molar-refractivity contribution >= 4 is 46.3 Å². The van der Waals surface area contributed by atoms with E-state index >= 15 is 0 Å². The van der Waals surface area contributed by atoms with Crippen LogP contribution in [0.3, 0.4) is 0 Å². The molecule has 7 nitrogen and oxygen atoms in total. The molecule has 0 fully saturated rings. The molecule has 162 valence electrons. The number of non-ortho nitro benzene ring substituents is 1. The van der Waals surface area contributed by atoms with E-state index in [4.69, 9.17) is 23.2 Å². The van der Waals surface area contributed by atoms with Crippen LogP contribution >= 0.6 is 23.2 Å². The number of fused-ring (bicyclic) bond motifs is 1. The van der Waals surface area contributed by atoms with Gasteiger partial charge in [0.25, 0.3) is 11.6 Å². The van der Waals surface area contributed by atoms with Gasteiger partial charge in [-0.1, -0.05) is 47.5 Å². The first-order valence-corrected chi connectivity index (χ1v) is 10.3. The first-order chi connectivity index (χ1) is 15.2. The van der Waals surface area contributed by atoms with Crippen LogP contribution in [0, 0.1) is 10.1 Å². The molecule has 4 rings (SSSR count). The van der Waals surface area contributed by atoms with Gasteiger partial charge in [0.2, 0.25) is 0 Å². The van der Waals surface area contributed by atoms with Crippen molar-refractivity contribution in [2.45, 2.75) is 18.6 Å². The Morgan fingerprint density at radius 1 is 1.03 bits per heavy atom. The van der Waals surface area contributed by atoms with Crippen LogP contribution in [0.15, 0.2) is 66.7 Å². The van der Waals surface area contributed by atoms with Crippen molar-refractivity contribution in [2.24, 2.45) is 0 Å². The number of benzene rings is 3. The Hall–Kier alpha value is -3.26. The summed E-state index contributed by atoms with van der Waals surface area (Å²) in [6.07, 6.45) is -0.586. The molecule has 0 radical (unpaired) electrons. The number of anilines is 1. The Bertz CT molecular complexity index is 1250. The van der Waals surface area contributed by atoms with E-state index in [0.717, 1.165) is 11.6 Å². The van der Waals surface area contributed by atoms with Gasteiger partial charge < -0.3 is 10.0 Å². The molecular weight excluding hydrogens is 455 g/mol. The van der Waals surface area contributed by atoms with Crippen molar-refractivity contribution in [1.82, 2.24) is 0 Å². The van der Waals surface area contributed by atoms with Crippen molar-refractivity contribution in [3.05, 3.63) is 104 Å². The van der Waals surface area contributed by atoms with Gasteiger partial charge in [-0.15, -0.1) is 0 Å². The predicted octanol–water partition coefficient (Wildman–Crippen LogP) is 4.91. The van der Waals surface area contributed by atoms with E-state index in [9.17, 15) is 24.8 Å². The van der Waals surface area contributed by atoms with Gasteiger partial charge in [-0.3, -0.25) is 19.7 Å². The number of carbonyl (C=O) groups excluding carboxylic acids is 2. The molecule has 9 heteroatoms. The number of halogens is 2. The van der Waals surface area contributed by atoms with Crippen LogP contribution in [0.4, 0.5) is 11.4 Å². The van der Waals surface area contributed by atoms with Crippen LogP contribution in [0.25, 0.3) is 0 Å². The monoisotopic (exact) mass is 470 g/mol. The maximum Gasteiger partial charge on any atom is 0.270 e. The Kier molecular flexibility index (Phi) is 5.73. The first-order valence-electron chi connectivity index (χ1n) is 9.55. The number of carbonyl (C=O) groups is 2. The van der Waals surface area contributed by atoms with Crippen LogP contribution in [-0.2, 0) is 16.9 Å². The molecule has 1 aliphatic rings. The molecule has 0 aromatic heterocycles. The van der Waals surface area contributed by atoms with Gasteiger partial charge in [-0.05, 0) is 35.9 Å². The Labute approximate surface area is 193 Å². The molecule has 1 atom stereocenters. The molecule has 3 aromatic rings. The lowest BCUT2D eigenvalue weighted by molar-refractivity contribution is -0.384. The molecule has 32 heavy (non-hydrogen) atoms. The van der Waals surface area contributed by atoms with E-state index in [2.05, 4.69) is 0 Å². The summed E-state index contributed by atoms with van der Waals surface area (Å²) in [5.41, 5.74) is -0.966. The van der Waals surface area contributed by atoms with Gasteiger partial charge in [0.05, 0.1) is 23.6 Å². The average molecular weight is 471 g/mol. The van der Waals surface area contributed by atoms with Crippen LogP contribution in [0.1, 0.15) is 27.9 Å². The van der Waals surface area contributed by atoms with Gasteiger partial charge in [-0.25, -0.2) is 0 Å². The lowest BCUT2D eigenvalue weighted by atomic mass is 9.88. The maximum absolute atomic E-state index is 13.4. The molecule has 0 unspecified atom stereocenters. The highest BCUT2D eigenvalue weighted by molar-refractivity contribution is 6.31. The highest BCUT2D eigenvalue weighted by atomic mass is 35.5. The third-order valence-electron chi connectivity index (χ3n) is 5.34. The number of amides is 1. The second-order valence-corrected chi connectivity index (χ2v) is 8.32. The molecule has 0 saturated carbocycles. The van der Waals surface area contributed by atoms with Crippen molar-refractivity contribution < 1.29 is 19.6 Å². The third-order valence-corrected chi connectivity index (χ3v) is 5.83. The van der Waals surface area contributed by atoms with Crippen LogP contribution in [-0.4, -0.2) is 21.7 Å². The third kappa shape index (κ3) is 3.98. The molecule has 0 aliphatic carbocycles. The fourth-order valence-corrected chi connectivity index (χ4v) is 4.05. The number of nitrogens with zero attached hydrogens (tertiary/aromatic N) is 2. The zero-order chi connectivity index (χ0) is 23.0. The van der Waals surface area contributed by atoms with Crippen LogP contribution < -0.4 is 4.90 Å². The minimum absolute atomic E-state index is 0.0279. The second kappa shape index (κ2) is 8.35. The topological polar surface area (TPSA) is 101 Å². The van der Waals surface area contributed by atoms with Gasteiger partial charge >= 0.3 is 0 Å². The fraction of sp³-hybridized carbons (Fsp3) is 0.130. The molecular formula is C23H16Cl2N2O5. The summed E-state index contributed by atoms with van der Waals surface area (Å²) in [6, 6.07) is 16.7. The largest absolute Gasteiger partial charge is 0.375 e. The second-order valence-electron chi connectivity index (χ2n) is 7.45. The standard InChI is InChI=1S/C23H16Cl2N2O5/c24-16-6-4-14(5-7-16)13-26-20-9-8-17(25)11-19(20)23(30,22(26)29)12-21(28)15-2-1-3-18(10-15)27(31)32/h1-11,30H,12-13H2/t23-/m1/s1. The summed E-state index contributed by atoms with van der Waals surface area (Å²) in [5, 5.41) is 23.3. The molecule has 0 spiro atoms. The normalized spacial score (nSPS) is 17.3. The van der Waals surface area contributed by atoms with Crippen molar-refractivity contribution in [3.63, 3.8) is 0 Å². The molecule has 1 aliphatic heterocycles. The minimum atomic E-state index is -2.16. The van der Waals surface area contributed by atoms with Crippen LogP contribution in [0.2, 0.25) is 10.0 Å². The summed E-state index contributed by atoms with van der Waals surface area (Å²) in [5.74, 6) is -1.28. The number of hydrogen-bond acceptors (Lipinski definition) is 5. The number of nitro benzene ring substituents is 1. The van der Waals surface area contributed by atoms with Gasteiger partial charge in [0.1, 0.15) is 0 Å². The number of Topliss-reactive ketones (excluding diaryl/α,β-unsaturated/α-hetero) is 1. The molecule has 3 aromatic carbocycles. The van der Waals surface area contributed by atoms with Gasteiger partial charge in [-0.2, -0.15) is 0 Å². The summed E-state index contributed by atoms with van der Waals surface area (Å²) >= 11 is 12.0. The van der Waals surface area contributed by atoms with E-state index in [1.807, 2.05) is 0 Å². The molecule has 1 heterocycles. The fourth-order valence-electron chi connectivity index (χ4n) is 3.75. The van der Waals surface area contributed by atoms with Crippen LogP contribution in [0.5, 0.6) is 0 Å². The van der Waals surface area contributed by atoms with Crippen molar-refractivity contribution in [2.75, 3.05) is 4.90 Å². The molecule has 1 N–H and O–H groups in total. The number of nitro groups is 1. The smallest absolute Gasteiger partial charge is 0.270 e. The highest BCUT2D eigenvalue weighted by Gasteiger charge is 2.51. The SMILES string of the molecule is O=C(C[C@]1(O)C(=O)N(Cc2ccc(Cl)cc2)c2ccc(Cl)cc21)c1cccc([N+](=O)[O-])c1. The molecule has 0 bridgehead atoms. The summed E-state index contributed by atoms with van der Waals surface area (Å²) in [4.78, 5) is 38.1. The van der Waals surface area contributed by atoms with Crippen molar-refractivity contribution in [3.8, 4) is 0 Å². The average Bonchev–Trinajstić information content (AvgIpc) is 2.96. The Morgan fingerprint density at radius 2 is 1.72 bits per heavy atom. The van der Waals surface area contributed by atoms with E-state index in [1.165, 1.54) is 29.2 Å². The Morgan fingerprint density at radius 3 is 2.41 bits per heavy atom.